The fourth-order valence-corrected chi connectivity index (χ4v) is 1.21. The zero-order valence-corrected chi connectivity index (χ0v) is 9.67. The third kappa shape index (κ3) is 3.18. The lowest BCUT2D eigenvalue weighted by atomic mass is 9.95. The van der Waals surface area contributed by atoms with Crippen LogP contribution in [-0.4, -0.2) is 7.05 Å². The molecule has 0 amide bonds. The van der Waals surface area contributed by atoms with E-state index in [1.165, 1.54) is 5.56 Å². The molecule has 1 aromatic rings. The van der Waals surface area contributed by atoms with Crippen LogP contribution >= 0.6 is 24.0 Å². The number of rotatable bonds is 2. The lowest BCUT2D eigenvalue weighted by Gasteiger charge is -2.24. The molecule has 0 unspecified atom stereocenters. The first-order valence-electron chi connectivity index (χ1n) is 4.01. The highest BCUT2D eigenvalue weighted by molar-refractivity contribution is 6.30. The zero-order chi connectivity index (χ0) is 9.19. The number of benzene rings is 1. The number of hydrogen-bond donors (Lipinski definition) is 1. The zero-order valence-electron chi connectivity index (χ0n) is 8.10. The molecule has 1 N–H and O–H groups in total. The second-order valence-corrected chi connectivity index (χ2v) is 3.82. The molecule has 0 heterocycles. The topological polar surface area (TPSA) is 12.0 Å². The van der Waals surface area contributed by atoms with Crippen molar-refractivity contribution >= 4 is 24.0 Å². The molecule has 0 aromatic heterocycles. The van der Waals surface area contributed by atoms with E-state index in [9.17, 15) is 0 Å². The maximum Gasteiger partial charge on any atom is 0.0409 e. The van der Waals surface area contributed by atoms with Gasteiger partial charge in [-0.3, -0.25) is 0 Å². The lowest BCUT2D eigenvalue weighted by Crippen LogP contribution is -2.32. The molecule has 0 atom stereocenters. The summed E-state index contributed by atoms with van der Waals surface area (Å²) in [6.07, 6.45) is 0. The molecule has 0 bridgehead atoms. The van der Waals surface area contributed by atoms with Crippen LogP contribution in [0.4, 0.5) is 0 Å². The van der Waals surface area contributed by atoms with Crippen molar-refractivity contribution in [1.29, 1.82) is 0 Å². The van der Waals surface area contributed by atoms with E-state index in [1.54, 1.807) is 0 Å². The highest BCUT2D eigenvalue weighted by Gasteiger charge is 2.16. The van der Waals surface area contributed by atoms with Crippen molar-refractivity contribution in [3.63, 3.8) is 0 Å². The minimum absolute atomic E-state index is 0. The Labute approximate surface area is 90.9 Å². The van der Waals surface area contributed by atoms with Gasteiger partial charge in [0.25, 0.3) is 0 Å². The largest absolute Gasteiger partial charge is 0.311 e. The van der Waals surface area contributed by atoms with Crippen LogP contribution in [0.3, 0.4) is 0 Å². The van der Waals surface area contributed by atoms with E-state index in [1.807, 2.05) is 25.2 Å². The highest BCUT2D eigenvalue weighted by Crippen LogP contribution is 2.21. The molecular formula is C10H15Cl2N. The summed E-state index contributed by atoms with van der Waals surface area (Å²) in [6.45, 7) is 4.25. The van der Waals surface area contributed by atoms with Crippen molar-refractivity contribution in [2.45, 2.75) is 19.4 Å². The van der Waals surface area contributed by atoms with Crippen molar-refractivity contribution in [1.82, 2.24) is 5.32 Å². The van der Waals surface area contributed by atoms with Gasteiger partial charge in [0.05, 0.1) is 0 Å². The molecule has 0 aliphatic carbocycles. The summed E-state index contributed by atoms with van der Waals surface area (Å²) < 4.78 is 0. The molecule has 0 fully saturated rings. The third-order valence-corrected chi connectivity index (χ3v) is 2.41. The summed E-state index contributed by atoms with van der Waals surface area (Å²) in [5.74, 6) is 0. The minimum Gasteiger partial charge on any atom is -0.311 e. The summed E-state index contributed by atoms with van der Waals surface area (Å²) in [5.41, 5.74) is 1.20. The molecule has 1 aromatic carbocycles. The van der Waals surface area contributed by atoms with Gasteiger partial charge in [0.15, 0.2) is 0 Å². The molecule has 0 spiro atoms. The van der Waals surface area contributed by atoms with Crippen LogP contribution in [0.1, 0.15) is 19.4 Å². The molecule has 3 heteroatoms. The van der Waals surface area contributed by atoms with Crippen LogP contribution in [0, 0.1) is 0 Å². The van der Waals surface area contributed by atoms with Gasteiger partial charge in [-0.25, -0.2) is 0 Å². The maximum atomic E-state index is 5.88. The Morgan fingerprint density at radius 1 is 1.31 bits per heavy atom. The quantitative estimate of drug-likeness (QED) is 0.806. The maximum absolute atomic E-state index is 5.88. The second-order valence-electron chi connectivity index (χ2n) is 3.39. The van der Waals surface area contributed by atoms with Gasteiger partial charge in [-0.15, -0.1) is 12.4 Å². The van der Waals surface area contributed by atoms with E-state index in [2.05, 4.69) is 25.2 Å². The van der Waals surface area contributed by atoms with E-state index in [-0.39, 0.29) is 17.9 Å². The summed E-state index contributed by atoms with van der Waals surface area (Å²) in [4.78, 5) is 0. The predicted molar refractivity (Wildman–Crippen MR) is 60.8 cm³/mol. The van der Waals surface area contributed by atoms with Gasteiger partial charge in [-0.05, 0) is 38.6 Å². The first-order chi connectivity index (χ1) is 5.56. The Hall–Kier alpha value is -0.240. The Morgan fingerprint density at radius 3 is 2.38 bits per heavy atom. The number of hydrogen-bond acceptors (Lipinski definition) is 1. The van der Waals surface area contributed by atoms with Gasteiger partial charge >= 0.3 is 0 Å². The van der Waals surface area contributed by atoms with Crippen LogP contribution in [0.25, 0.3) is 0 Å². The van der Waals surface area contributed by atoms with Gasteiger partial charge in [-0.2, -0.15) is 0 Å². The van der Waals surface area contributed by atoms with E-state index in [0.717, 1.165) is 5.02 Å². The van der Waals surface area contributed by atoms with Crippen molar-refractivity contribution in [3.05, 3.63) is 34.9 Å². The van der Waals surface area contributed by atoms with Crippen molar-refractivity contribution in [2.75, 3.05) is 7.05 Å². The summed E-state index contributed by atoms with van der Waals surface area (Å²) in [7, 11) is 1.95. The predicted octanol–water partition coefficient (Wildman–Crippen LogP) is 3.22. The van der Waals surface area contributed by atoms with Gasteiger partial charge in [0.2, 0.25) is 0 Å². The summed E-state index contributed by atoms with van der Waals surface area (Å²) in [6, 6.07) is 7.91. The number of nitrogens with one attached hydrogen (secondary N) is 1. The van der Waals surface area contributed by atoms with Gasteiger partial charge in [0.1, 0.15) is 0 Å². The van der Waals surface area contributed by atoms with Gasteiger partial charge in [0, 0.05) is 10.6 Å². The van der Waals surface area contributed by atoms with E-state index < -0.39 is 0 Å². The lowest BCUT2D eigenvalue weighted by molar-refractivity contribution is 0.445. The second kappa shape index (κ2) is 4.85. The van der Waals surface area contributed by atoms with Crippen LogP contribution in [0.5, 0.6) is 0 Å². The van der Waals surface area contributed by atoms with Gasteiger partial charge in [-0.1, -0.05) is 23.7 Å². The molecule has 1 rings (SSSR count). The van der Waals surface area contributed by atoms with E-state index in [4.69, 9.17) is 11.6 Å². The molecule has 74 valence electrons. The summed E-state index contributed by atoms with van der Waals surface area (Å²) in [5, 5.41) is 4.01. The van der Waals surface area contributed by atoms with Crippen LogP contribution < -0.4 is 5.32 Å². The smallest absolute Gasteiger partial charge is 0.0409 e. The monoisotopic (exact) mass is 219 g/mol. The normalized spacial score (nSPS) is 10.8. The average Bonchev–Trinajstić information content (AvgIpc) is 2.05. The highest BCUT2D eigenvalue weighted by atomic mass is 35.5. The number of halogens is 2. The molecule has 0 saturated heterocycles. The Kier molecular flexibility index (Phi) is 4.76. The van der Waals surface area contributed by atoms with Crippen molar-refractivity contribution in [2.24, 2.45) is 0 Å². The minimum atomic E-state index is -0.00903. The molecule has 1 nitrogen and oxygen atoms in total. The average molecular weight is 220 g/mol. The fourth-order valence-electron chi connectivity index (χ4n) is 1.02. The van der Waals surface area contributed by atoms with Gasteiger partial charge < -0.3 is 5.32 Å². The molecule has 13 heavy (non-hydrogen) atoms. The molecule has 0 radical (unpaired) electrons. The summed E-state index contributed by atoms with van der Waals surface area (Å²) >= 11 is 5.88. The van der Waals surface area contributed by atoms with Crippen LogP contribution in [-0.2, 0) is 5.54 Å². The van der Waals surface area contributed by atoms with Crippen molar-refractivity contribution < 1.29 is 0 Å². The van der Waals surface area contributed by atoms with E-state index >= 15 is 0 Å². The van der Waals surface area contributed by atoms with Crippen LogP contribution in [0.2, 0.25) is 5.02 Å². The Balaban J connectivity index is 0.00000144. The van der Waals surface area contributed by atoms with Crippen molar-refractivity contribution in [3.8, 4) is 0 Å². The molecule has 0 aliphatic rings. The fraction of sp³-hybridized carbons (Fsp3) is 0.400. The first-order valence-corrected chi connectivity index (χ1v) is 4.39. The SMILES string of the molecule is CNC(C)(C)c1cccc(Cl)c1.Cl. The third-order valence-electron chi connectivity index (χ3n) is 2.17. The van der Waals surface area contributed by atoms with E-state index in [0.29, 0.717) is 0 Å². The first kappa shape index (κ1) is 12.8. The molecule has 0 saturated carbocycles. The standard InChI is InChI=1S/C10H14ClN.ClH/c1-10(2,12-3)8-5-4-6-9(11)7-8;/h4-7,12H,1-3H3;1H. The molecule has 0 aliphatic heterocycles. The molecular weight excluding hydrogens is 205 g/mol. The Bertz CT molecular complexity index is 271. The Morgan fingerprint density at radius 2 is 1.92 bits per heavy atom. The van der Waals surface area contributed by atoms with Crippen LogP contribution in [0.15, 0.2) is 24.3 Å².